The molecule has 1 amide bonds. The van der Waals surface area contributed by atoms with E-state index in [9.17, 15) is 4.79 Å². The van der Waals surface area contributed by atoms with Crippen LogP contribution in [0.4, 0.5) is 0 Å². The molecule has 108 valence electrons. The van der Waals surface area contributed by atoms with Gasteiger partial charge in [-0.3, -0.25) is 4.79 Å². The van der Waals surface area contributed by atoms with Crippen molar-refractivity contribution in [3.63, 3.8) is 0 Å². The lowest BCUT2D eigenvalue weighted by Crippen LogP contribution is -2.26. The SMILES string of the molecule is CCCCCC(=O)N(C)Cc1ccccc1C#CCN. The van der Waals surface area contributed by atoms with Gasteiger partial charge in [0.05, 0.1) is 6.54 Å². The van der Waals surface area contributed by atoms with Gasteiger partial charge in [-0.1, -0.05) is 49.8 Å². The highest BCUT2D eigenvalue weighted by atomic mass is 16.2. The first kappa shape index (κ1) is 16.3. The first-order valence-electron chi connectivity index (χ1n) is 7.19. The van der Waals surface area contributed by atoms with Crippen LogP contribution >= 0.6 is 0 Å². The van der Waals surface area contributed by atoms with Crippen molar-refractivity contribution < 1.29 is 4.79 Å². The first-order valence-corrected chi connectivity index (χ1v) is 7.19. The van der Waals surface area contributed by atoms with Crippen LogP contribution in [0, 0.1) is 11.8 Å². The van der Waals surface area contributed by atoms with Gasteiger partial charge in [-0.25, -0.2) is 0 Å². The summed E-state index contributed by atoms with van der Waals surface area (Å²) in [7, 11) is 1.85. The molecule has 0 aromatic heterocycles. The van der Waals surface area contributed by atoms with Gasteiger partial charge in [0.15, 0.2) is 0 Å². The molecule has 0 aliphatic heterocycles. The van der Waals surface area contributed by atoms with Crippen LogP contribution in [0.5, 0.6) is 0 Å². The number of nitrogens with zero attached hydrogens (tertiary/aromatic N) is 1. The Morgan fingerprint density at radius 1 is 1.30 bits per heavy atom. The molecule has 3 nitrogen and oxygen atoms in total. The predicted molar refractivity (Wildman–Crippen MR) is 83.0 cm³/mol. The van der Waals surface area contributed by atoms with Crippen LogP contribution in [0.3, 0.4) is 0 Å². The highest BCUT2D eigenvalue weighted by molar-refractivity contribution is 5.75. The van der Waals surface area contributed by atoms with Crippen LogP contribution in [0.25, 0.3) is 0 Å². The molecule has 1 aromatic carbocycles. The molecular formula is C17H24N2O. The van der Waals surface area contributed by atoms with Crippen LogP contribution in [-0.4, -0.2) is 24.4 Å². The minimum absolute atomic E-state index is 0.194. The summed E-state index contributed by atoms with van der Waals surface area (Å²) in [6, 6.07) is 7.90. The molecular weight excluding hydrogens is 248 g/mol. The Bertz CT molecular complexity index is 485. The number of unbranched alkanes of at least 4 members (excludes halogenated alkanes) is 2. The number of hydrogen-bond acceptors (Lipinski definition) is 2. The zero-order valence-electron chi connectivity index (χ0n) is 12.5. The predicted octanol–water partition coefficient (Wildman–Crippen LogP) is 2.54. The van der Waals surface area contributed by atoms with E-state index < -0.39 is 0 Å². The van der Waals surface area contributed by atoms with E-state index in [0.717, 1.165) is 30.4 Å². The van der Waals surface area contributed by atoms with Crippen molar-refractivity contribution >= 4 is 5.91 Å². The van der Waals surface area contributed by atoms with Crippen molar-refractivity contribution in [1.82, 2.24) is 4.90 Å². The van der Waals surface area contributed by atoms with Crippen molar-refractivity contribution in [2.45, 2.75) is 39.2 Å². The zero-order chi connectivity index (χ0) is 14.8. The fourth-order valence-corrected chi connectivity index (χ4v) is 1.99. The number of benzene rings is 1. The second-order valence-corrected chi connectivity index (χ2v) is 4.87. The smallest absolute Gasteiger partial charge is 0.222 e. The molecule has 0 heterocycles. The molecule has 0 aliphatic rings. The van der Waals surface area contributed by atoms with Crippen LogP contribution in [0.15, 0.2) is 24.3 Å². The number of rotatable bonds is 6. The first-order chi connectivity index (χ1) is 9.69. The van der Waals surface area contributed by atoms with Gasteiger partial charge in [-0.05, 0) is 18.1 Å². The molecule has 0 spiro atoms. The van der Waals surface area contributed by atoms with E-state index in [2.05, 4.69) is 18.8 Å². The van der Waals surface area contributed by atoms with Crippen LogP contribution in [0.2, 0.25) is 0 Å². The normalized spacial score (nSPS) is 9.75. The fraction of sp³-hybridized carbons (Fsp3) is 0.471. The molecule has 0 fully saturated rings. The Balaban J connectivity index is 2.65. The van der Waals surface area contributed by atoms with Gasteiger partial charge in [0.25, 0.3) is 0 Å². The maximum absolute atomic E-state index is 12.0. The summed E-state index contributed by atoms with van der Waals surface area (Å²) >= 11 is 0. The number of nitrogens with two attached hydrogens (primary N) is 1. The maximum Gasteiger partial charge on any atom is 0.222 e. The van der Waals surface area contributed by atoms with Gasteiger partial charge in [0.2, 0.25) is 5.91 Å². The fourth-order valence-electron chi connectivity index (χ4n) is 1.99. The molecule has 0 aliphatic carbocycles. The highest BCUT2D eigenvalue weighted by Gasteiger charge is 2.10. The quantitative estimate of drug-likeness (QED) is 0.639. The number of amides is 1. The molecule has 3 heteroatoms. The van der Waals surface area contributed by atoms with E-state index in [-0.39, 0.29) is 5.91 Å². The van der Waals surface area contributed by atoms with E-state index in [0.29, 0.717) is 19.5 Å². The van der Waals surface area contributed by atoms with Crippen molar-refractivity contribution in [2.75, 3.05) is 13.6 Å². The van der Waals surface area contributed by atoms with Gasteiger partial charge in [0, 0.05) is 25.6 Å². The Kier molecular flexibility index (Phi) is 7.46. The number of carbonyl (C=O) groups is 1. The molecule has 0 atom stereocenters. The molecule has 1 aromatic rings. The Labute approximate surface area is 122 Å². The Hall–Kier alpha value is -1.79. The van der Waals surface area contributed by atoms with E-state index in [1.165, 1.54) is 0 Å². The third-order valence-corrected chi connectivity index (χ3v) is 3.17. The lowest BCUT2D eigenvalue weighted by Gasteiger charge is -2.18. The lowest BCUT2D eigenvalue weighted by atomic mass is 10.1. The third kappa shape index (κ3) is 5.46. The van der Waals surface area contributed by atoms with Crippen LogP contribution < -0.4 is 5.73 Å². The van der Waals surface area contributed by atoms with E-state index in [1.807, 2.05) is 31.3 Å². The molecule has 0 saturated heterocycles. The number of hydrogen-bond donors (Lipinski definition) is 1. The van der Waals surface area contributed by atoms with Crippen molar-refractivity contribution in [3.05, 3.63) is 35.4 Å². The van der Waals surface area contributed by atoms with E-state index >= 15 is 0 Å². The van der Waals surface area contributed by atoms with Gasteiger partial charge in [-0.15, -0.1) is 0 Å². The molecule has 1 rings (SSSR count). The highest BCUT2D eigenvalue weighted by Crippen LogP contribution is 2.11. The van der Waals surface area contributed by atoms with Crippen LogP contribution in [-0.2, 0) is 11.3 Å². The largest absolute Gasteiger partial charge is 0.341 e. The van der Waals surface area contributed by atoms with Crippen molar-refractivity contribution in [1.29, 1.82) is 0 Å². The second-order valence-electron chi connectivity index (χ2n) is 4.87. The van der Waals surface area contributed by atoms with Gasteiger partial charge in [0.1, 0.15) is 0 Å². The summed E-state index contributed by atoms with van der Waals surface area (Å²) in [6.07, 6.45) is 3.84. The molecule has 20 heavy (non-hydrogen) atoms. The standard InChI is InChI=1S/C17H24N2O/c1-3-4-5-12-17(20)19(2)14-16-10-7-6-9-15(16)11-8-13-18/h6-7,9-10H,3-5,12-14,18H2,1-2H3. The van der Waals surface area contributed by atoms with E-state index in [4.69, 9.17) is 5.73 Å². The minimum atomic E-state index is 0.194. The van der Waals surface area contributed by atoms with Gasteiger partial charge < -0.3 is 10.6 Å². The zero-order valence-corrected chi connectivity index (χ0v) is 12.5. The van der Waals surface area contributed by atoms with Gasteiger partial charge >= 0.3 is 0 Å². The number of carbonyl (C=O) groups excluding carboxylic acids is 1. The topological polar surface area (TPSA) is 46.3 Å². The van der Waals surface area contributed by atoms with Gasteiger partial charge in [-0.2, -0.15) is 0 Å². The summed E-state index contributed by atoms with van der Waals surface area (Å²) in [5.74, 6) is 6.11. The molecule has 0 bridgehead atoms. The molecule has 0 unspecified atom stereocenters. The summed E-state index contributed by atoms with van der Waals surface area (Å²) < 4.78 is 0. The molecule has 0 saturated carbocycles. The lowest BCUT2D eigenvalue weighted by molar-refractivity contribution is -0.130. The monoisotopic (exact) mass is 272 g/mol. The maximum atomic E-state index is 12.0. The van der Waals surface area contributed by atoms with Crippen LogP contribution in [0.1, 0.15) is 43.7 Å². The summed E-state index contributed by atoms with van der Waals surface area (Å²) in [6.45, 7) is 3.08. The average molecular weight is 272 g/mol. The molecule has 0 radical (unpaired) electrons. The summed E-state index contributed by atoms with van der Waals surface area (Å²) in [5, 5.41) is 0. The summed E-state index contributed by atoms with van der Waals surface area (Å²) in [5.41, 5.74) is 7.43. The Morgan fingerprint density at radius 2 is 2.05 bits per heavy atom. The summed E-state index contributed by atoms with van der Waals surface area (Å²) in [4.78, 5) is 13.8. The third-order valence-electron chi connectivity index (χ3n) is 3.17. The average Bonchev–Trinajstić information content (AvgIpc) is 2.46. The Morgan fingerprint density at radius 3 is 2.75 bits per heavy atom. The van der Waals surface area contributed by atoms with E-state index in [1.54, 1.807) is 4.90 Å². The second kappa shape index (κ2) is 9.17. The molecule has 2 N–H and O–H groups in total. The minimum Gasteiger partial charge on any atom is -0.341 e. The van der Waals surface area contributed by atoms with Crippen molar-refractivity contribution in [3.8, 4) is 11.8 Å². The van der Waals surface area contributed by atoms with Crippen molar-refractivity contribution in [2.24, 2.45) is 5.73 Å².